The minimum Gasteiger partial charge on any atom is -0.387 e. The molecule has 0 amide bonds. The largest absolute Gasteiger partial charge is 0.387 e. The number of nitrogens with zero attached hydrogens (tertiary/aromatic N) is 2. The van der Waals surface area contributed by atoms with E-state index in [0.717, 1.165) is 67.7 Å². The highest BCUT2D eigenvalue weighted by molar-refractivity contribution is 6.39. The van der Waals surface area contributed by atoms with Crippen LogP contribution in [0.4, 0.5) is 5.69 Å². The standard InChI is InChI=1S/C25H32Cl2N2O/c1-4-17-10-19(20-12-29(13-20)24-22(26)8-7-9-23(24)27)11-18(5-2)21(17)14-28-15-25(30,6-3)16-28/h7-11,20,30H,4-6,12-16H2,1-3H3. The molecule has 2 aliphatic heterocycles. The molecule has 0 bridgehead atoms. The Balaban J connectivity index is 1.50. The molecule has 0 atom stereocenters. The number of rotatable bonds is 7. The van der Waals surface area contributed by atoms with Gasteiger partial charge in [0.05, 0.1) is 21.3 Å². The van der Waals surface area contributed by atoms with Crippen LogP contribution in [0.25, 0.3) is 0 Å². The molecule has 30 heavy (non-hydrogen) atoms. The van der Waals surface area contributed by atoms with Crippen molar-refractivity contribution < 1.29 is 5.11 Å². The monoisotopic (exact) mass is 446 g/mol. The third-order valence-electron chi connectivity index (χ3n) is 6.90. The van der Waals surface area contributed by atoms with E-state index in [1.165, 1.54) is 22.3 Å². The highest BCUT2D eigenvalue weighted by Crippen LogP contribution is 2.41. The molecule has 0 unspecified atom stereocenters. The van der Waals surface area contributed by atoms with Gasteiger partial charge in [0.15, 0.2) is 0 Å². The lowest BCUT2D eigenvalue weighted by molar-refractivity contribution is -0.103. The van der Waals surface area contributed by atoms with Crippen LogP contribution in [0.1, 0.15) is 55.4 Å². The number of β-amino-alcohol motifs (C(OH)–C–C–N with tert-alkyl or cyclic N) is 1. The van der Waals surface area contributed by atoms with Gasteiger partial charge >= 0.3 is 0 Å². The lowest BCUT2D eigenvalue weighted by Gasteiger charge is -2.47. The normalized spacial score (nSPS) is 18.9. The maximum atomic E-state index is 10.4. The average Bonchev–Trinajstić information content (AvgIpc) is 2.68. The molecule has 1 N–H and O–H groups in total. The maximum Gasteiger partial charge on any atom is 0.0897 e. The van der Waals surface area contributed by atoms with Gasteiger partial charge in [0, 0.05) is 38.6 Å². The third kappa shape index (κ3) is 4.10. The van der Waals surface area contributed by atoms with Crippen molar-refractivity contribution in [2.45, 2.75) is 58.1 Å². The summed E-state index contributed by atoms with van der Waals surface area (Å²) >= 11 is 12.8. The molecular weight excluding hydrogens is 415 g/mol. The van der Waals surface area contributed by atoms with Gasteiger partial charge in [-0.25, -0.2) is 0 Å². The SMILES string of the molecule is CCc1cc(C2CN(c3c(Cl)cccc3Cl)C2)cc(CC)c1CN1CC(O)(CC)C1. The van der Waals surface area contributed by atoms with Crippen molar-refractivity contribution in [3.63, 3.8) is 0 Å². The average molecular weight is 447 g/mol. The number of hydrogen-bond acceptors (Lipinski definition) is 3. The molecule has 162 valence electrons. The number of anilines is 1. The molecule has 2 fully saturated rings. The first-order chi connectivity index (χ1) is 14.4. The molecule has 5 heteroatoms. The Morgan fingerprint density at radius 1 is 1.00 bits per heavy atom. The summed E-state index contributed by atoms with van der Waals surface area (Å²) in [5.41, 5.74) is 6.28. The molecule has 2 saturated heterocycles. The van der Waals surface area contributed by atoms with Crippen LogP contribution in [-0.2, 0) is 19.4 Å². The highest BCUT2D eigenvalue weighted by atomic mass is 35.5. The lowest BCUT2D eigenvalue weighted by atomic mass is 9.84. The van der Waals surface area contributed by atoms with Crippen molar-refractivity contribution in [2.24, 2.45) is 0 Å². The zero-order chi connectivity index (χ0) is 21.5. The maximum absolute atomic E-state index is 10.4. The number of hydrogen-bond donors (Lipinski definition) is 1. The molecule has 2 heterocycles. The lowest BCUT2D eigenvalue weighted by Crippen LogP contribution is -2.60. The van der Waals surface area contributed by atoms with E-state index in [1.54, 1.807) is 0 Å². The predicted octanol–water partition coefficient (Wildman–Crippen LogP) is 5.68. The molecule has 0 aliphatic carbocycles. The molecule has 0 spiro atoms. The van der Waals surface area contributed by atoms with Crippen LogP contribution in [-0.4, -0.2) is 41.8 Å². The van der Waals surface area contributed by atoms with Crippen LogP contribution in [0.2, 0.25) is 10.0 Å². The Hall–Kier alpha value is -1.26. The third-order valence-corrected chi connectivity index (χ3v) is 7.51. The fraction of sp³-hybridized carbons (Fsp3) is 0.520. The molecule has 4 rings (SSSR count). The van der Waals surface area contributed by atoms with E-state index in [2.05, 4.69) is 42.7 Å². The second kappa shape index (κ2) is 8.70. The van der Waals surface area contributed by atoms with E-state index >= 15 is 0 Å². The molecular formula is C25H32Cl2N2O. The summed E-state index contributed by atoms with van der Waals surface area (Å²) in [7, 11) is 0. The van der Waals surface area contributed by atoms with Crippen molar-refractivity contribution in [3.8, 4) is 0 Å². The summed E-state index contributed by atoms with van der Waals surface area (Å²) in [6, 6.07) is 10.5. The van der Waals surface area contributed by atoms with Crippen LogP contribution < -0.4 is 4.90 Å². The Morgan fingerprint density at radius 3 is 2.07 bits per heavy atom. The van der Waals surface area contributed by atoms with Crippen LogP contribution in [0.5, 0.6) is 0 Å². The molecule has 0 aromatic heterocycles. The molecule has 0 radical (unpaired) electrons. The van der Waals surface area contributed by atoms with E-state index < -0.39 is 5.60 Å². The van der Waals surface area contributed by atoms with Gasteiger partial charge in [-0.2, -0.15) is 0 Å². The number of para-hydroxylation sites is 1. The van der Waals surface area contributed by atoms with Crippen molar-refractivity contribution >= 4 is 28.9 Å². The van der Waals surface area contributed by atoms with E-state index in [9.17, 15) is 5.11 Å². The van der Waals surface area contributed by atoms with Crippen molar-refractivity contribution in [1.29, 1.82) is 0 Å². The van der Waals surface area contributed by atoms with E-state index in [1.807, 2.05) is 18.2 Å². The van der Waals surface area contributed by atoms with E-state index in [0.29, 0.717) is 5.92 Å². The Labute approximate surface area is 190 Å². The first-order valence-electron chi connectivity index (χ1n) is 11.2. The van der Waals surface area contributed by atoms with Crippen molar-refractivity contribution in [2.75, 3.05) is 31.1 Å². The van der Waals surface area contributed by atoms with E-state index in [4.69, 9.17) is 23.2 Å². The fourth-order valence-electron chi connectivity index (χ4n) is 4.90. The van der Waals surface area contributed by atoms with Crippen LogP contribution in [0, 0.1) is 0 Å². The van der Waals surface area contributed by atoms with Gasteiger partial charge in [-0.05, 0) is 53.6 Å². The number of aryl methyl sites for hydroxylation is 2. The quantitative estimate of drug-likeness (QED) is 0.592. The van der Waals surface area contributed by atoms with Crippen LogP contribution in [0.3, 0.4) is 0 Å². The number of halogens is 2. The number of aliphatic hydroxyl groups is 1. The van der Waals surface area contributed by atoms with Gasteiger partial charge < -0.3 is 10.0 Å². The molecule has 2 aromatic rings. The van der Waals surface area contributed by atoms with Crippen molar-refractivity contribution in [1.82, 2.24) is 4.90 Å². The van der Waals surface area contributed by atoms with Crippen molar-refractivity contribution in [3.05, 3.63) is 62.6 Å². The van der Waals surface area contributed by atoms with Gasteiger partial charge in [0.1, 0.15) is 0 Å². The first kappa shape index (κ1) is 22.0. The summed E-state index contributed by atoms with van der Waals surface area (Å²) in [6.07, 6.45) is 2.90. The van der Waals surface area contributed by atoms with Gasteiger partial charge in [-0.3, -0.25) is 4.90 Å². The second-order valence-electron chi connectivity index (χ2n) is 8.92. The Bertz CT molecular complexity index is 872. The molecule has 2 aliphatic rings. The highest BCUT2D eigenvalue weighted by Gasteiger charge is 2.39. The summed E-state index contributed by atoms with van der Waals surface area (Å²) < 4.78 is 0. The summed E-state index contributed by atoms with van der Waals surface area (Å²) in [6.45, 7) is 11.0. The summed E-state index contributed by atoms with van der Waals surface area (Å²) in [4.78, 5) is 4.66. The predicted molar refractivity (Wildman–Crippen MR) is 127 cm³/mol. The van der Waals surface area contributed by atoms with Crippen LogP contribution >= 0.6 is 23.2 Å². The van der Waals surface area contributed by atoms with E-state index in [-0.39, 0.29) is 0 Å². The first-order valence-corrected chi connectivity index (χ1v) is 11.9. The zero-order valence-electron chi connectivity index (χ0n) is 18.2. The van der Waals surface area contributed by atoms with Gasteiger partial charge in [0.2, 0.25) is 0 Å². The Morgan fingerprint density at radius 2 is 1.57 bits per heavy atom. The minimum atomic E-state index is -0.478. The molecule has 0 saturated carbocycles. The van der Waals surface area contributed by atoms with Gasteiger partial charge in [-0.1, -0.05) is 62.2 Å². The fourth-order valence-corrected chi connectivity index (χ4v) is 5.54. The zero-order valence-corrected chi connectivity index (χ0v) is 19.7. The molecule has 2 aromatic carbocycles. The van der Waals surface area contributed by atoms with Gasteiger partial charge in [-0.15, -0.1) is 0 Å². The molecule has 3 nitrogen and oxygen atoms in total. The smallest absolute Gasteiger partial charge is 0.0897 e. The van der Waals surface area contributed by atoms with Crippen LogP contribution in [0.15, 0.2) is 30.3 Å². The Kier molecular flexibility index (Phi) is 6.37. The second-order valence-corrected chi connectivity index (χ2v) is 9.73. The number of likely N-dealkylation sites (tertiary alicyclic amines) is 1. The topological polar surface area (TPSA) is 26.7 Å². The number of benzene rings is 2. The summed E-state index contributed by atoms with van der Waals surface area (Å²) in [5.74, 6) is 0.510. The summed E-state index contributed by atoms with van der Waals surface area (Å²) in [5, 5.41) is 11.8. The van der Waals surface area contributed by atoms with Gasteiger partial charge in [0.25, 0.3) is 0 Å². The minimum absolute atomic E-state index is 0.478.